The molecule has 4 heterocycles. The Kier molecular flexibility index (Phi) is 8.53. The van der Waals surface area contributed by atoms with Gasteiger partial charge in [0.25, 0.3) is 16.0 Å². The fourth-order valence-electron chi connectivity index (χ4n) is 6.35. The molecule has 1 saturated carbocycles. The molecule has 7 rings (SSSR count). The second kappa shape index (κ2) is 12.5. The lowest BCUT2D eigenvalue weighted by Gasteiger charge is -2.41. The topological polar surface area (TPSA) is 172 Å². The van der Waals surface area contributed by atoms with E-state index in [9.17, 15) is 8.42 Å². The first-order chi connectivity index (χ1) is 21.6. The summed E-state index contributed by atoms with van der Waals surface area (Å²) in [7, 11) is -1.50. The fraction of sp³-hybridized carbons (Fsp3) is 0.387. The summed E-state index contributed by atoms with van der Waals surface area (Å²) in [5.74, 6) is -0.111. The number of carboxylic acids is 1. The van der Waals surface area contributed by atoms with E-state index in [0.717, 1.165) is 86.8 Å². The van der Waals surface area contributed by atoms with Crippen LogP contribution in [0.1, 0.15) is 44.2 Å². The number of anilines is 2. The Balaban J connectivity index is 0.000000845. The van der Waals surface area contributed by atoms with Gasteiger partial charge in [0.15, 0.2) is 11.5 Å². The number of benzene rings is 2. The molecular weight excluding hydrogens is 594 g/mol. The van der Waals surface area contributed by atoms with E-state index >= 15 is 0 Å². The van der Waals surface area contributed by atoms with E-state index in [4.69, 9.17) is 20.7 Å². The van der Waals surface area contributed by atoms with Crippen LogP contribution >= 0.6 is 0 Å². The number of carboxylic acid groups (broad SMARTS) is 1. The van der Waals surface area contributed by atoms with Crippen LogP contribution in [0.2, 0.25) is 0 Å². The molecule has 1 aliphatic carbocycles. The maximum absolute atomic E-state index is 12.4. The summed E-state index contributed by atoms with van der Waals surface area (Å²) in [6.45, 7) is 5.64. The van der Waals surface area contributed by atoms with Crippen LogP contribution in [0.25, 0.3) is 22.3 Å². The molecule has 2 aromatic carbocycles. The molecule has 0 radical (unpaired) electrons. The van der Waals surface area contributed by atoms with E-state index in [1.54, 1.807) is 24.3 Å². The van der Waals surface area contributed by atoms with Crippen molar-refractivity contribution >= 4 is 44.4 Å². The minimum atomic E-state index is -3.70. The van der Waals surface area contributed by atoms with E-state index in [-0.39, 0.29) is 10.9 Å². The van der Waals surface area contributed by atoms with Gasteiger partial charge in [0.1, 0.15) is 22.7 Å². The largest absolute Gasteiger partial charge is 0.481 e. The van der Waals surface area contributed by atoms with Crippen molar-refractivity contribution in [2.75, 3.05) is 44.3 Å². The first kappa shape index (κ1) is 30.6. The number of rotatable bonds is 4. The molecule has 0 spiro atoms. The highest BCUT2D eigenvalue weighted by Crippen LogP contribution is 2.37. The number of hydrogen-bond donors (Lipinski definition) is 3. The van der Waals surface area contributed by atoms with Gasteiger partial charge >= 0.3 is 0 Å². The minimum absolute atomic E-state index is 0.212. The highest BCUT2D eigenvalue weighted by atomic mass is 32.2. The second-order valence-corrected chi connectivity index (χ2v) is 13.3. The molecule has 2 fully saturated rings. The van der Waals surface area contributed by atoms with Crippen molar-refractivity contribution in [1.82, 2.24) is 29.5 Å². The van der Waals surface area contributed by atoms with Gasteiger partial charge in [0.05, 0.1) is 11.4 Å². The zero-order chi connectivity index (χ0) is 31.7. The quantitative estimate of drug-likeness (QED) is 0.301. The molecule has 4 N–H and O–H groups in total. The number of aromatic nitrogens is 4. The maximum atomic E-state index is 12.4. The van der Waals surface area contributed by atoms with Crippen molar-refractivity contribution in [3.63, 3.8) is 0 Å². The van der Waals surface area contributed by atoms with Crippen LogP contribution in [0.15, 0.2) is 64.2 Å². The van der Waals surface area contributed by atoms with Gasteiger partial charge in [-0.2, -0.15) is 13.5 Å². The van der Waals surface area contributed by atoms with Crippen LogP contribution in [0, 0.1) is 0 Å². The van der Waals surface area contributed by atoms with Crippen LogP contribution in [-0.4, -0.2) is 94.1 Å². The molecule has 0 amide bonds. The molecular formula is C31H37N9O4S. The Morgan fingerprint density at radius 2 is 1.60 bits per heavy atom. The average Bonchev–Trinajstić information content (AvgIpc) is 3.54. The lowest BCUT2D eigenvalue weighted by Crippen LogP contribution is -2.49. The summed E-state index contributed by atoms with van der Waals surface area (Å²) in [5.41, 5.74) is 10.1. The summed E-state index contributed by atoms with van der Waals surface area (Å²) in [5, 5.41) is 16.4. The Bertz CT molecular complexity index is 1840. The monoisotopic (exact) mass is 631 g/mol. The minimum Gasteiger partial charge on any atom is -0.481 e. The third-order valence-electron chi connectivity index (χ3n) is 8.64. The molecule has 45 heavy (non-hydrogen) atoms. The van der Waals surface area contributed by atoms with Crippen LogP contribution in [0.3, 0.4) is 0 Å². The number of sulfonamides is 1. The summed E-state index contributed by atoms with van der Waals surface area (Å²) >= 11 is 0. The molecule has 4 aromatic rings. The van der Waals surface area contributed by atoms with Gasteiger partial charge in [-0.3, -0.25) is 9.69 Å². The Hall–Kier alpha value is -4.40. The lowest BCUT2D eigenvalue weighted by atomic mass is 9.90. The number of carbonyl (C=O) groups is 1. The number of piperazine rings is 1. The van der Waals surface area contributed by atoms with Crippen molar-refractivity contribution in [3.05, 3.63) is 60.4 Å². The highest BCUT2D eigenvalue weighted by molar-refractivity contribution is 7.90. The van der Waals surface area contributed by atoms with E-state index < -0.39 is 16.0 Å². The Morgan fingerprint density at radius 3 is 2.29 bits per heavy atom. The highest BCUT2D eigenvalue weighted by Gasteiger charge is 2.31. The van der Waals surface area contributed by atoms with Gasteiger partial charge in [-0.05, 0) is 57.0 Å². The number of fused-ring (bicyclic) bond motifs is 2. The van der Waals surface area contributed by atoms with Crippen LogP contribution in [0.4, 0.5) is 11.5 Å². The van der Waals surface area contributed by atoms with Gasteiger partial charge in [0, 0.05) is 56.0 Å². The van der Waals surface area contributed by atoms with Crippen LogP contribution in [0.5, 0.6) is 0 Å². The molecule has 0 atom stereocenters. The number of amidine groups is 1. The number of nitrogens with one attached hydrogen (secondary N) is 1. The zero-order valence-electron chi connectivity index (χ0n) is 25.3. The zero-order valence-corrected chi connectivity index (χ0v) is 26.1. The van der Waals surface area contributed by atoms with Crippen molar-refractivity contribution < 1.29 is 18.3 Å². The molecule has 236 valence electrons. The van der Waals surface area contributed by atoms with Crippen LogP contribution < -0.4 is 11.1 Å². The smallest absolute Gasteiger partial charge is 0.300 e. The first-order valence-electron chi connectivity index (χ1n) is 15.0. The molecule has 13 nitrogen and oxygen atoms in total. The van der Waals surface area contributed by atoms with E-state index in [2.05, 4.69) is 41.2 Å². The molecule has 3 aliphatic rings. The number of nitrogens with two attached hydrogens (primary N) is 1. The third-order valence-corrected chi connectivity index (χ3v) is 9.97. The van der Waals surface area contributed by atoms with Gasteiger partial charge in [0.2, 0.25) is 0 Å². The van der Waals surface area contributed by atoms with E-state index in [1.807, 2.05) is 24.3 Å². The van der Waals surface area contributed by atoms with Gasteiger partial charge in [-0.15, -0.1) is 4.40 Å². The number of nitrogens with zero attached hydrogens (tertiary/aromatic N) is 7. The predicted octanol–water partition coefficient (Wildman–Crippen LogP) is 3.46. The van der Waals surface area contributed by atoms with Crippen molar-refractivity contribution in [3.8, 4) is 11.3 Å². The van der Waals surface area contributed by atoms with Crippen LogP contribution in [-0.2, 0) is 14.8 Å². The molecule has 0 unspecified atom stereocenters. The number of aliphatic carboxylic acids is 1. The summed E-state index contributed by atoms with van der Waals surface area (Å²) in [6, 6.07) is 15.4. The average molecular weight is 632 g/mol. The summed E-state index contributed by atoms with van der Waals surface area (Å²) in [6.07, 6.45) is 5.90. The Morgan fingerprint density at radius 1 is 0.956 bits per heavy atom. The van der Waals surface area contributed by atoms with E-state index in [1.165, 1.54) is 6.33 Å². The van der Waals surface area contributed by atoms with Crippen molar-refractivity contribution in [2.24, 2.45) is 4.40 Å². The Labute approximate surface area is 261 Å². The first-order valence-corrected chi connectivity index (χ1v) is 16.5. The van der Waals surface area contributed by atoms with Gasteiger partial charge in [-0.25, -0.2) is 14.6 Å². The van der Waals surface area contributed by atoms with Gasteiger partial charge < -0.3 is 21.1 Å². The normalized spacial score (nSPS) is 21.4. The molecule has 0 bridgehead atoms. The third kappa shape index (κ3) is 6.39. The summed E-state index contributed by atoms with van der Waals surface area (Å²) in [4.78, 5) is 23.2. The lowest BCUT2D eigenvalue weighted by molar-refractivity contribution is -0.134. The van der Waals surface area contributed by atoms with Crippen molar-refractivity contribution in [2.45, 2.75) is 49.6 Å². The van der Waals surface area contributed by atoms with Crippen molar-refractivity contribution in [1.29, 1.82) is 0 Å². The SMILES string of the molecule is CC(=O)O.CN1CCN(C2CCC(n3nc(-c4ccc(NC5=NS(=O)(=O)c6ccccc65)cc4)c4c(N)ncnc43)CC2)CC1. The predicted molar refractivity (Wildman–Crippen MR) is 173 cm³/mol. The number of likely N-dealkylation sites (N-methyl/N-ethyl adjacent to an activating group) is 1. The standard InChI is InChI=1S/C29H33N9O2S.C2H4O2/c1-36-14-16-37(17-15-36)21-10-12-22(13-11-21)38-29-25(27(30)31-18-32-29)26(34-38)19-6-8-20(9-7-19)33-28-23-4-2-3-5-24(23)41(39,40)35-28;1-2(3)4/h2-9,18,21-22H,10-17H2,1H3,(H,33,35)(H2,30,31,32);1H3,(H,3,4). The molecule has 14 heteroatoms. The summed E-state index contributed by atoms with van der Waals surface area (Å²) < 4.78 is 30.8. The number of nitrogen functional groups attached to an aromatic ring is 1. The second-order valence-electron chi connectivity index (χ2n) is 11.7. The number of hydrogen-bond acceptors (Lipinski definition) is 10. The molecule has 2 aromatic heterocycles. The van der Waals surface area contributed by atoms with E-state index in [0.29, 0.717) is 23.3 Å². The fourth-order valence-corrected chi connectivity index (χ4v) is 7.53. The van der Waals surface area contributed by atoms with Gasteiger partial charge in [-0.1, -0.05) is 24.3 Å². The molecule has 2 aliphatic heterocycles. The molecule has 1 saturated heterocycles. The maximum Gasteiger partial charge on any atom is 0.300 e.